The predicted molar refractivity (Wildman–Crippen MR) is 84.7 cm³/mol. The first-order valence-electron chi connectivity index (χ1n) is 6.32. The molecule has 0 bridgehead atoms. The molecule has 0 saturated carbocycles. The molecule has 0 aliphatic heterocycles. The third kappa shape index (κ3) is 6.80. The number of hydrogen-bond donors (Lipinski definition) is 2. The Kier molecular flexibility index (Phi) is 6.23. The van der Waals surface area contributed by atoms with Crippen molar-refractivity contribution in [3.63, 3.8) is 0 Å². The van der Waals surface area contributed by atoms with Crippen LogP contribution in [-0.2, 0) is 9.63 Å². The molecule has 1 rings (SSSR count). The van der Waals surface area contributed by atoms with Gasteiger partial charge in [0.05, 0.1) is 11.0 Å². The fraction of sp³-hybridized carbons (Fsp3) is 0.357. The number of carbonyl (C=O) groups excluding carboxylic acids is 2. The van der Waals surface area contributed by atoms with Crippen LogP contribution in [-0.4, -0.2) is 30.0 Å². The Hall–Kier alpha value is -2.02. The first-order chi connectivity index (χ1) is 9.82. The lowest BCUT2D eigenvalue weighted by Gasteiger charge is -2.18. The van der Waals surface area contributed by atoms with Crippen LogP contribution >= 0.6 is 11.8 Å². The lowest BCUT2D eigenvalue weighted by atomic mass is 10.2. The molecular weight excluding hydrogens is 290 g/mol. The van der Waals surface area contributed by atoms with Crippen molar-refractivity contribution in [2.45, 2.75) is 30.4 Å². The van der Waals surface area contributed by atoms with E-state index < -0.39 is 6.09 Å². The number of thioether (sulfide) groups is 1. The highest BCUT2D eigenvalue weighted by atomic mass is 32.2. The lowest BCUT2D eigenvalue weighted by molar-refractivity contribution is -0.114. The summed E-state index contributed by atoms with van der Waals surface area (Å²) in [4.78, 5) is 27.4. The van der Waals surface area contributed by atoms with E-state index in [0.29, 0.717) is 0 Å². The highest BCUT2D eigenvalue weighted by Crippen LogP contribution is 2.31. The number of anilines is 1. The van der Waals surface area contributed by atoms with Crippen LogP contribution in [0.25, 0.3) is 0 Å². The average molecular weight is 309 g/mol. The number of hydrogen-bond acceptors (Lipinski definition) is 5. The molecule has 0 spiro atoms. The predicted octanol–water partition coefficient (Wildman–Crippen LogP) is 2.86. The van der Waals surface area contributed by atoms with E-state index >= 15 is 0 Å². The number of nitrogens with zero attached hydrogens (tertiary/aromatic N) is 1. The third-order valence-corrected chi connectivity index (χ3v) is 3.40. The molecule has 0 unspecified atom stereocenters. The molecule has 0 aliphatic carbocycles. The molecule has 1 aromatic carbocycles. The fourth-order valence-corrected chi connectivity index (χ4v) is 2.36. The molecule has 114 valence electrons. The summed E-state index contributed by atoms with van der Waals surface area (Å²) in [5, 5.41) is 8.67. The molecule has 0 heterocycles. The van der Waals surface area contributed by atoms with Gasteiger partial charge in [-0.1, -0.05) is 5.16 Å². The molecule has 0 fully saturated rings. The Morgan fingerprint density at radius 3 is 2.43 bits per heavy atom. The van der Waals surface area contributed by atoms with Gasteiger partial charge in [0.15, 0.2) is 0 Å². The second-order valence-electron chi connectivity index (χ2n) is 4.77. The van der Waals surface area contributed by atoms with Crippen molar-refractivity contribution in [1.82, 2.24) is 5.32 Å². The smallest absolute Gasteiger partial charge is 0.326 e. The highest BCUT2D eigenvalue weighted by Gasteiger charge is 2.17. The molecular formula is C14H19N3O3S. The van der Waals surface area contributed by atoms with Crippen molar-refractivity contribution in [1.29, 1.82) is 0 Å². The SMILES string of the molecule is CNC(=O)O/N=C\C(C)(C)Sc1ccc(NC(C)=O)cc1. The van der Waals surface area contributed by atoms with Crippen LogP contribution in [0.3, 0.4) is 0 Å². The largest absolute Gasteiger partial charge is 0.433 e. The van der Waals surface area contributed by atoms with Crippen molar-refractivity contribution in [2.75, 3.05) is 12.4 Å². The maximum absolute atomic E-state index is 10.9. The summed E-state index contributed by atoms with van der Waals surface area (Å²) in [6.07, 6.45) is 0.959. The quantitative estimate of drug-likeness (QED) is 0.379. The third-order valence-electron chi connectivity index (χ3n) is 2.26. The van der Waals surface area contributed by atoms with Gasteiger partial charge < -0.3 is 10.6 Å². The van der Waals surface area contributed by atoms with Gasteiger partial charge in [-0.05, 0) is 38.1 Å². The first-order valence-corrected chi connectivity index (χ1v) is 7.14. The maximum Gasteiger partial charge on any atom is 0.433 e. The zero-order valence-electron chi connectivity index (χ0n) is 12.5. The van der Waals surface area contributed by atoms with Gasteiger partial charge in [-0.2, -0.15) is 0 Å². The standard InChI is InChI=1S/C14H19N3O3S/c1-10(18)17-11-5-7-12(8-6-11)21-14(2,3)9-16-20-13(19)15-4/h5-9H,1-4H3,(H,15,19)(H,17,18)/b16-9-. The van der Waals surface area contributed by atoms with Gasteiger partial charge in [0.1, 0.15) is 0 Å². The van der Waals surface area contributed by atoms with Crippen LogP contribution in [0.4, 0.5) is 10.5 Å². The molecule has 2 amide bonds. The van der Waals surface area contributed by atoms with Crippen molar-refractivity contribution in [3.05, 3.63) is 24.3 Å². The Morgan fingerprint density at radius 2 is 1.90 bits per heavy atom. The van der Waals surface area contributed by atoms with Crippen molar-refractivity contribution in [2.24, 2.45) is 5.16 Å². The van der Waals surface area contributed by atoms with Crippen molar-refractivity contribution >= 4 is 35.7 Å². The number of rotatable bonds is 5. The zero-order chi connectivity index (χ0) is 15.9. The molecule has 1 aromatic rings. The van der Waals surface area contributed by atoms with E-state index in [4.69, 9.17) is 0 Å². The van der Waals surface area contributed by atoms with Gasteiger partial charge in [0.2, 0.25) is 5.91 Å². The van der Waals surface area contributed by atoms with E-state index in [1.165, 1.54) is 14.0 Å². The molecule has 0 atom stereocenters. The average Bonchev–Trinajstić information content (AvgIpc) is 2.39. The van der Waals surface area contributed by atoms with E-state index in [0.717, 1.165) is 10.6 Å². The van der Waals surface area contributed by atoms with Crippen LogP contribution in [0, 0.1) is 0 Å². The Labute approximate surface area is 128 Å². The van der Waals surface area contributed by atoms with Crippen LogP contribution < -0.4 is 10.6 Å². The number of benzene rings is 1. The molecule has 0 aliphatic rings. The van der Waals surface area contributed by atoms with Gasteiger partial charge in [-0.3, -0.25) is 9.63 Å². The number of nitrogens with one attached hydrogen (secondary N) is 2. The van der Waals surface area contributed by atoms with Crippen LogP contribution in [0.5, 0.6) is 0 Å². The molecule has 7 heteroatoms. The van der Waals surface area contributed by atoms with Gasteiger partial charge in [0, 0.05) is 24.6 Å². The second-order valence-corrected chi connectivity index (χ2v) is 6.50. The molecule has 21 heavy (non-hydrogen) atoms. The van der Waals surface area contributed by atoms with E-state index in [-0.39, 0.29) is 10.7 Å². The lowest BCUT2D eigenvalue weighted by Crippen LogP contribution is -2.20. The Balaban J connectivity index is 2.62. The summed E-state index contributed by atoms with van der Waals surface area (Å²) in [7, 11) is 1.47. The summed E-state index contributed by atoms with van der Waals surface area (Å²) in [5.74, 6) is -0.103. The molecule has 0 radical (unpaired) electrons. The second kappa shape index (κ2) is 7.68. The van der Waals surface area contributed by atoms with Crippen LogP contribution in [0.15, 0.2) is 34.3 Å². The number of oxime groups is 1. The topological polar surface area (TPSA) is 79.8 Å². The normalized spacial score (nSPS) is 11.2. The summed E-state index contributed by atoms with van der Waals surface area (Å²) < 4.78 is -0.344. The number of amides is 2. The molecule has 0 aromatic heterocycles. The van der Waals surface area contributed by atoms with Gasteiger partial charge in [0.25, 0.3) is 0 Å². The van der Waals surface area contributed by atoms with Crippen molar-refractivity contribution < 1.29 is 14.4 Å². The Bertz CT molecular complexity index is 527. The minimum Gasteiger partial charge on any atom is -0.326 e. The van der Waals surface area contributed by atoms with Crippen molar-refractivity contribution in [3.8, 4) is 0 Å². The van der Waals surface area contributed by atoms with E-state index in [1.807, 2.05) is 38.1 Å². The monoisotopic (exact) mass is 309 g/mol. The maximum atomic E-state index is 10.9. The Morgan fingerprint density at radius 1 is 1.29 bits per heavy atom. The van der Waals surface area contributed by atoms with E-state index in [1.54, 1.807) is 18.0 Å². The molecule has 2 N–H and O–H groups in total. The summed E-state index contributed by atoms with van der Waals surface area (Å²) in [6, 6.07) is 7.48. The molecule has 0 saturated heterocycles. The zero-order valence-corrected chi connectivity index (χ0v) is 13.3. The fourth-order valence-electron chi connectivity index (χ4n) is 1.39. The highest BCUT2D eigenvalue weighted by molar-refractivity contribution is 8.01. The number of carbonyl (C=O) groups is 2. The van der Waals surface area contributed by atoms with E-state index in [2.05, 4.69) is 20.6 Å². The minimum atomic E-state index is -0.605. The summed E-state index contributed by atoms with van der Waals surface area (Å²) in [5.41, 5.74) is 0.751. The summed E-state index contributed by atoms with van der Waals surface area (Å²) in [6.45, 7) is 5.38. The van der Waals surface area contributed by atoms with Crippen LogP contribution in [0.2, 0.25) is 0 Å². The van der Waals surface area contributed by atoms with Gasteiger partial charge >= 0.3 is 6.09 Å². The first kappa shape index (κ1) is 17.0. The van der Waals surface area contributed by atoms with Gasteiger partial charge in [-0.15, -0.1) is 11.8 Å². The van der Waals surface area contributed by atoms with Gasteiger partial charge in [-0.25, -0.2) is 4.79 Å². The van der Waals surface area contributed by atoms with Crippen LogP contribution in [0.1, 0.15) is 20.8 Å². The van der Waals surface area contributed by atoms with E-state index in [9.17, 15) is 9.59 Å². The molecule has 6 nitrogen and oxygen atoms in total. The minimum absolute atomic E-state index is 0.103. The summed E-state index contributed by atoms with van der Waals surface area (Å²) >= 11 is 1.56.